The van der Waals surface area contributed by atoms with Crippen molar-refractivity contribution < 1.29 is 19.1 Å². The standard InChI is InChI=1S/C32H45N3O4/c1-9-21(3)27(34-31(38)39-32(6,7)8)30(37)35(25-14-11-15-25)28(24-18-16-20(2)17-19-24)29(36)33-26-22(4)12-10-13-23(26)5/h10,12-13,16-19,21,25,27-28H,9,11,14-15H2,1-8H3,(H,33,36)(H,34,38). The number of para-hydroxylation sites is 1. The highest BCUT2D eigenvalue weighted by atomic mass is 16.6. The van der Waals surface area contributed by atoms with E-state index >= 15 is 0 Å². The van der Waals surface area contributed by atoms with Gasteiger partial charge in [0.05, 0.1) is 0 Å². The third-order valence-corrected chi connectivity index (χ3v) is 7.52. The van der Waals surface area contributed by atoms with E-state index in [2.05, 4.69) is 10.6 Å². The maximum absolute atomic E-state index is 14.4. The molecule has 0 spiro atoms. The first-order valence-corrected chi connectivity index (χ1v) is 14.1. The molecule has 0 bridgehead atoms. The second kappa shape index (κ2) is 12.7. The van der Waals surface area contributed by atoms with Gasteiger partial charge in [-0.05, 0) is 83.4 Å². The third-order valence-electron chi connectivity index (χ3n) is 7.52. The number of rotatable bonds is 9. The Balaban J connectivity index is 2.06. The van der Waals surface area contributed by atoms with Crippen LogP contribution in [0.4, 0.5) is 10.5 Å². The van der Waals surface area contributed by atoms with Crippen LogP contribution in [0.2, 0.25) is 0 Å². The maximum Gasteiger partial charge on any atom is 0.408 e. The van der Waals surface area contributed by atoms with Crippen LogP contribution in [0.3, 0.4) is 0 Å². The number of carbonyl (C=O) groups is 3. The Morgan fingerprint density at radius 3 is 2.08 bits per heavy atom. The maximum atomic E-state index is 14.4. The van der Waals surface area contributed by atoms with E-state index in [0.717, 1.165) is 47.2 Å². The Hall–Kier alpha value is -3.35. The molecular weight excluding hydrogens is 490 g/mol. The average molecular weight is 536 g/mol. The summed E-state index contributed by atoms with van der Waals surface area (Å²) in [6.45, 7) is 15.2. The van der Waals surface area contributed by atoms with E-state index in [0.29, 0.717) is 6.42 Å². The monoisotopic (exact) mass is 535 g/mol. The number of alkyl carbamates (subject to hydrolysis) is 1. The lowest BCUT2D eigenvalue weighted by Gasteiger charge is -2.44. The molecule has 39 heavy (non-hydrogen) atoms. The number of anilines is 1. The molecule has 3 amide bonds. The first kappa shape index (κ1) is 30.2. The van der Waals surface area contributed by atoms with E-state index in [9.17, 15) is 14.4 Å². The molecule has 1 aliphatic carbocycles. The van der Waals surface area contributed by atoms with Gasteiger partial charge in [0.2, 0.25) is 5.91 Å². The summed E-state index contributed by atoms with van der Waals surface area (Å²) in [7, 11) is 0. The predicted octanol–water partition coefficient (Wildman–Crippen LogP) is 6.61. The lowest BCUT2D eigenvalue weighted by atomic mass is 9.86. The van der Waals surface area contributed by atoms with E-state index < -0.39 is 23.8 Å². The van der Waals surface area contributed by atoms with Crippen molar-refractivity contribution >= 4 is 23.6 Å². The number of carbonyl (C=O) groups excluding carboxylic acids is 3. The Kier molecular flexibility index (Phi) is 9.81. The summed E-state index contributed by atoms with van der Waals surface area (Å²) in [4.78, 5) is 43.1. The molecule has 0 radical (unpaired) electrons. The molecule has 0 heterocycles. The molecule has 3 rings (SSSR count). The smallest absolute Gasteiger partial charge is 0.408 e. The number of hydrogen-bond donors (Lipinski definition) is 2. The summed E-state index contributed by atoms with van der Waals surface area (Å²) in [6.07, 6.45) is 2.64. The zero-order valence-electron chi connectivity index (χ0n) is 24.8. The van der Waals surface area contributed by atoms with Gasteiger partial charge in [-0.15, -0.1) is 0 Å². The van der Waals surface area contributed by atoms with E-state index in [-0.39, 0.29) is 23.8 Å². The molecule has 3 atom stereocenters. The van der Waals surface area contributed by atoms with Gasteiger partial charge >= 0.3 is 6.09 Å². The summed E-state index contributed by atoms with van der Waals surface area (Å²) in [5, 5.41) is 5.99. The Labute approximate surface area is 233 Å². The predicted molar refractivity (Wildman–Crippen MR) is 156 cm³/mol. The van der Waals surface area contributed by atoms with Crippen LogP contribution < -0.4 is 10.6 Å². The topological polar surface area (TPSA) is 87.7 Å². The van der Waals surface area contributed by atoms with Crippen LogP contribution in [0, 0.1) is 26.7 Å². The fourth-order valence-corrected chi connectivity index (χ4v) is 4.85. The van der Waals surface area contributed by atoms with Crippen LogP contribution >= 0.6 is 0 Å². The van der Waals surface area contributed by atoms with Crippen molar-refractivity contribution in [3.05, 3.63) is 64.7 Å². The molecule has 0 aromatic heterocycles. The lowest BCUT2D eigenvalue weighted by Crippen LogP contribution is -2.58. The molecular formula is C32H45N3O4. The SMILES string of the molecule is CCC(C)C(NC(=O)OC(C)(C)C)C(=O)N(C1CCC1)C(C(=O)Nc1c(C)cccc1C)c1ccc(C)cc1. The molecule has 7 nitrogen and oxygen atoms in total. The summed E-state index contributed by atoms with van der Waals surface area (Å²) < 4.78 is 5.50. The van der Waals surface area contributed by atoms with Crippen molar-refractivity contribution in [1.29, 1.82) is 0 Å². The number of ether oxygens (including phenoxy) is 1. The molecule has 0 saturated heterocycles. The molecule has 1 fully saturated rings. The molecule has 212 valence electrons. The van der Waals surface area contributed by atoms with Gasteiger partial charge in [-0.1, -0.05) is 68.3 Å². The fraction of sp³-hybridized carbons (Fsp3) is 0.531. The van der Waals surface area contributed by atoms with Crippen LogP contribution in [0.1, 0.15) is 88.6 Å². The van der Waals surface area contributed by atoms with E-state index in [1.807, 2.05) is 77.1 Å². The van der Waals surface area contributed by atoms with Crippen LogP contribution in [-0.2, 0) is 14.3 Å². The second-order valence-corrected chi connectivity index (χ2v) is 11.9. The molecule has 1 aliphatic rings. The molecule has 3 unspecified atom stereocenters. The van der Waals surface area contributed by atoms with Crippen molar-refractivity contribution in [3.8, 4) is 0 Å². The van der Waals surface area contributed by atoms with Gasteiger partial charge in [-0.3, -0.25) is 9.59 Å². The highest BCUT2D eigenvalue weighted by molar-refractivity contribution is 6.00. The minimum absolute atomic E-state index is 0.0977. The molecule has 0 aliphatic heterocycles. The highest BCUT2D eigenvalue weighted by Gasteiger charge is 2.43. The largest absolute Gasteiger partial charge is 0.444 e. The fourth-order valence-electron chi connectivity index (χ4n) is 4.85. The summed E-state index contributed by atoms with van der Waals surface area (Å²) >= 11 is 0. The van der Waals surface area contributed by atoms with E-state index in [4.69, 9.17) is 4.74 Å². The minimum Gasteiger partial charge on any atom is -0.444 e. The lowest BCUT2D eigenvalue weighted by molar-refractivity contribution is -0.147. The zero-order chi connectivity index (χ0) is 28.9. The second-order valence-electron chi connectivity index (χ2n) is 11.9. The van der Waals surface area contributed by atoms with Crippen LogP contribution in [0.15, 0.2) is 42.5 Å². The van der Waals surface area contributed by atoms with Crippen molar-refractivity contribution in [1.82, 2.24) is 10.2 Å². The van der Waals surface area contributed by atoms with Crippen LogP contribution in [0.25, 0.3) is 0 Å². The van der Waals surface area contributed by atoms with Gasteiger partial charge in [0.1, 0.15) is 17.7 Å². The van der Waals surface area contributed by atoms with Gasteiger partial charge < -0.3 is 20.3 Å². The van der Waals surface area contributed by atoms with E-state index in [1.165, 1.54) is 0 Å². The average Bonchev–Trinajstić information content (AvgIpc) is 2.82. The van der Waals surface area contributed by atoms with Crippen LogP contribution in [-0.4, -0.2) is 40.5 Å². The molecule has 2 aromatic rings. The number of benzene rings is 2. The number of amides is 3. The number of aryl methyl sites for hydroxylation is 3. The Morgan fingerprint density at radius 2 is 1.59 bits per heavy atom. The number of nitrogens with zero attached hydrogens (tertiary/aromatic N) is 1. The van der Waals surface area contributed by atoms with Crippen molar-refractivity contribution in [2.75, 3.05) is 5.32 Å². The van der Waals surface area contributed by atoms with Crippen molar-refractivity contribution in [2.45, 2.75) is 105 Å². The Morgan fingerprint density at radius 1 is 1.00 bits per heavy atom. The molecule has 1 saturated carbocycles. The normalized spacial score (nSPS) is 15.9. The third kappa shape index (κ3) is 7.61. The number of hydrogen-bond acceptors (Lipinski definition) is 4. The van der Waals surface area contributed by atoms with Gasteiger partial charge in [0.25, 0.3) is 5.91 Å². The minimum atomic E-state index is -0.852. The zero-order valence-corrected chi connectivity index (χ0v) is 24.8. The van der Waals surface area contributed by atoms with Crippen LogP contribution in [0.5, 0.6) is 0 Å². The molecule has 2 aromatic carbocycles. The van der Waals surface area contributed by atoms with Gasteiger partial charge in [-0.25, -0.2) is 4.79 Å². The summed E-state index contributed by atoms with van der Waals surface area (Å²) in [5.41, 5.74) is 3.78. The number of nitrogens with one attached hydrogen (secondary N) is 2. The van der Waals surface area contributed by atoms with Crippen molar-refractivity contribution in [2.24, 2.45) is 5.92 Å². The first-order valence-electron chi connectivity index (χ1n) is 14.1. The summed E-state index contributed by atoms with van der Waals surface area (Å²) in [6, 6.07) is 11.9. The van der Waals surface area contributed by atoms with E-state index in [1.54, 1.807) is 25.7 Å². The Bertz CT molecular complexity index is 1140. The molecule has 7 heteroatoms. The highest BCUT2D eigenvalue weighted by Crippen LogP contribution is 2.35. The quantitative estimate of drug-likeness (QED) is 0.378. The first-order chi connectivity index (χ1) is 18.3. The molecule has 2 N–H and O–H groups in total. The van der Waals surface area contributed by atoms with Crippen molar-refractivity contribution in [3.63, 3.8) is 0 Å². The van der Waals surface area contributed by atoms with Gasteiger partial charge in [0.15, 0.2) is 0 Å². The van der Waals surface area contributed by atoms with Gasteiger partial charge in [0, 0.05) is 11.7 Å². The summed E-state index contributed by atoms with van der Waals surface area (Å²) in [5.74, 6) is -0.688. The van der Waals surface area contributed by atoms with Gasteiger partial charge in [-0.2, -0.15) is 0 Å².